The molecular weight excluding hydrogens is 362 g/mol. The Hall–Kier alpha value is -2.37. The maximum absolute atomic E-state index is 12.7. The van der Waals surface area contributed by atoms with Gasteiger partial charge in [-0.1, -0.05) is 29.8 Å². The highest BCUT2D eigenvalue weighted by atomic mass is 16.5. The largest absolute Gasteiger partial charge is 0.497 e. The van der Waals surface area contributed by atoms with Crippen molar-refractivity contribution in [1.29, 1.82) is 0 Å². The van der Waals surface area contributed by atoms with Gasteiger partial charge in [0.1, 0.15) is 5.75 Å². The van der Waals surface area contributed by atoms with Crippen molar-refractivity contribution >= 4 is 11.6 Å². The molecule has 1 unspecified atom stereocenters. The van der Waals surface area contributed by atoms with Crippen LogP contribution in [0.5, 0.6) is 5.75 Å². The molecule has 0 radical (unpaired) electrons. The summed E-state index contributed by atoms with van der Waals surface area (Å²) in [5.74, 6) is 0.971. The van der Waals surface area contributed by atoms with Crippen molar-refractivity contribution in [3.8, 4) is 5.75 Å². The SMILES string of the molecule is COc1ccc(CCN2CCN(C(C)C(=O)Nc3ccc(C)cc3C)CC2)cc1. The quantitative estimate of drug-likeness (QED) is 0.779. The van der Waals surface area contributed by atoms with Crippen LogP contribution < -0.4 is 10.1 Å². The first-order valence-electron chi connectivity index (χ1n) is 10.4. The summed E-state index contributed by atoms with van der Waals surface area (Å²) < 4.78 is 5.22. The lowest BCUT2D eigenvalue weighted by molar-refractivity contribution is -0.121. The van der Waals surface area contributed by atoms with Crippen molar-refractivity contribution < 1.29 is 9.53 Å². The summed E-state index contributed by atoms with van der Waals surface area (Å²) in [6, 6.07) is 14.3. The minimum Gasteiger partial charge on any atom is -0.497 e. The molecular formula is C24H33N3O2. The molecule has 1 heterocycles. The van der Waals surface area contributed by atoms with Gasteiger partial charge in [-0.3, -0.25) is 9.69 Å². The zero-order chi connectivity index (χ0) is 20.8. The molecule has 3 rings (SSSR count). The molecule has 0 aliphatic carbocycles. The molecule has 5 heteroatoms. The molecule has 1 saturated heterocycles. The van der Waals surface area contributed by atoms with Gasteiger partial charge in [-0.15, -0.1) is 0 Å². The number of hydrogen-bond donors (Lipinski definition) is 1. The molecule has 1 fully saturated rings. The van der Waals surface area contributed by atoms with E-state index in [1.165, 1.54) is 11.1 Å². The van der Waals surface area contributed by atoms with E-state index in [0.29, 0.717) is 0 Å². The van der Waals surface area contributed by atoms with Gasteiger partial charge < -0.3 is 15.0 Å². The van der Waals surface area contributed by atoms with Crippen molar-refractivity contribution in [1.82, 2.24) is 9.80 Å². The summed E-state index contributed by atoms with van der Waals surface area (Å²) in [5, 5.41) is 3.10. The van der Waals surface area contributed by atoms with E-state index < -0.39 is 0 Å². The van der Waals surface area contributed by atoms with Crippen LogP contribution in [0, 0.1) is 13.8 Å². The average molecular weight is 396 g/mol. The second-order valence-corrected chi connectivity index (χ2v) is 7.96. The second-order valence-electron chi connectivity index (χ2n) is 7.96. The summed E-state index contributed by atoms with van der Waals surface area (Å²) in [5.41, 5.74) is 4.55. The fraction of sp³-hybridized carbons (Fsp3) is 0.458. The van der Waals surface area contributed by atoms with Gasteiger partial charge in [0.15, 0.2) is 0 Å². The highest BCUT2D eigenvalue weighted by Crippen LogP contribution is 2.18. The Balaban J connectivity index is 1.44. The number of ether oxygens (including phenoxy) is 1. The van der Waals surface area contributed by atoms with E-state index in [0.717, 1.165) is 56.1 Å². The fourth-order valence-electron chi connectivity index (χ4n) is 3.81. The molecule has 1 aliphatic rings. The standard InChI is InChI=1S/C24H33N3O2/c1-18-5-10-23(19(2)17-18)25-24(28)20(3)27-15-13-26(14-16-27)12-11-21-6-8-22(29-4)9-7-21/h5-10,17,20H,11-16H2,1-4H3,(H,25,28). The second kappa shape index (κ2) is 9.90. The number of hydrogen-bond acceptors (Lipinski definition) is 4. The van der Waals surface area contributed by atoms with Gasteiger partial charge in [-0.05, 0) is 56.5 Å². The smallest absolute Gasteiger partial charge is 0.241 e. The van der Waals surface area contributed by atoms with Crippen molar-refractivity contribution in [3.63, 3.8) is 0 Å². The lowest BCUT2D eigenvalue weighted by Crippen LogP contribution is -2.53. The van der Waals surface area contributed by atoms with E-state index in [2.05, 4.69) is 40.2 Å². The molecule has 0 saturated carbocycles. The van der Waals surface area contributed by atoms with Crippen LogP contribution in [0.3, 0.4) is 0 Å². The minimum atomic E-state index is -0.126. The van der Waals surface area contributed by atoms with Crippen LogP contribution in [-0.2, 0) is 11.2 Å². The van der Waals surface area contributed by atoms with E-state index in [1.807, 2.05) is 38.1 Å². The summed E-state index contributed by atoms with van der Waals surface area (Å²) >= 11 is 0. The first kappa shape index (κ1) is 21.3. The van der Waals surface area contributed by atoms with Gasteiger partial charge in [-0.2, -0.15) is 0 Å². The number of amides is 1. The predicted molar refractivity (Wildman–Crippen MR) is 119 cm³/mol. The molecule has 0 aromatic heterocycles. The van der Waals surface area contributed by atoms with Gasteiger partial charge in [0.2, 0.25) is 5.91 Å². The summed E-state index contributed by atoms with van der Waals surface area (Å²) in [4.78, 5) is 17.5. The lowest BCUT2D eigenvalue weighted by Gasteiger charge is -2.37. The molecule has 0 spiro atoms. The Morgan fingerprint density at radius 1 is 1.07 bits per heavy atom. The molecule has 0 bridgehead atoms. The average Bonchev–Trinajstić information content (AvgIpc) is 2.74. The Morgan fingerprint density at radius 2 is 1.76 bits per heavy atom. The lowest BCUT2D eigenvalue weighted by atomic mass is 10.1. The van der Waals surface area contributed by atoms with Gasteiger partial charge in [0, 0.05) is 38.4 Å². The van der Waals surface area contributed by atoms with Crippen LogP contribution in [0.15, 0.2) is 42.5 Å². The summed E-state index contributed by atoms with van der Waals surface area (Å²) in [6.07, 6.45) is 1.03. The molecule has 29 heavy (non-hydrogen) atoms. The van der Waals surface area contributed by atoms with E-state index in [9.17, 15) is 4.79 Å². The maximum atomic E-state index is 12.7. The Bertz CT molecular complexity index is 811. The van der Waals surface area contributed by atoms with Crippen LogP contribution >= 0.6 is 0 Å². The van der Waals surface area contributed by atoms with Gasteiger partial charge in [0.25, 0.3) is 0 Å². The van der Waals surface area contributed by atoms with Crippen LogP contribution in [0.2, 0.25) is 0 Å². The Kier molecular flexibility index (Phi) is 7.29. The van der Waals surface area contributed by atoms with Crippen molar-refractivity contribution in [2.75, 3.05) is 45.2 Å². The first-order chi connectivity index (χ1) is 14.0. The first-order valence-corrected chi connectivity index (χ1v) is 10.4. The van der Waals surface area contributed by atoms with E-state index in [-0.39, 0.29) is 11.9 Å². The highest BCUT2D eigenvalue weighted by Gasteiger charge is 2.25. The zero-order valence-corrected chi connectivity index (χ0v) is 18.1. The van der Waals surface area contributed by atoms with Gasteiger partial charge >= 0.3 is 0 Å². The maximum Gasteiger partial charge on any atom is 0.241 e. The highest BCUT2D eigenvalue weighted by molar-refractivity contribution is 5.95. The minimum absolute atomic E-state index is 0.0728. The number of rotatable bonds is 7. The number of anilines is 1. The summed E-state index contributed by atoms with van der Waals surface area (Å²) in [6.45, 7) is 11.0. The normalized spacial score (nSPS) is 16.4. The number of piperazine rings is 1. The topological polar surface area (TPSA) is 44.8 Å². The third-order valence-corrected chi connectivity index (χ3v) is 5.85. The van der Waals surface area contributed by atoms with Crippen molar-refractivity contribution in [3.05, 3.63) is 59.2 Å². The monoisotopic (exact) mass is 395 g/mol. The molecule has 2 aromatic carbocycles. The fourth-order valence-corrected chi connectivity index (χ4v) is 3.81. The molecule has 2 aromatic rings. The number of benzene rings is 2. The van der Waals surface area contributed by atoms with E-state index in [1.54, 1.807) is 7.11 Å². The Labute approximate surface area is 174 Å². The molecule has 1 aliphatic heterocycles. The van der Waals surface area contributed by atoms with Crippen molar-refractivity contribution in [2.45, 2.75) is 33.2 Å². The zero-order valence-electron chi connectivity index (χ0n) is 18.1. The molecule has 1 amide bonds. The number of nitrogens with zero attached hydrogens (tertiary/aromatic N) is 2. The third kappa shape index (κ3) is 5.81. The van der Waals surface area contributed by atoms with Crippen LogP contribution in [0.25, 0.3) is 0 Å². The van der Waals surface area contributed by atoms with Gasteiger partial charge in [0.05, 0.1) is 13.2 Å². The number of methoxy groups -OCH3 is 1. The molecule has 5 nitrogen and oxygen atoms in total. The van der Waals surface area contributed by atoms with Crippen LogP contribution in [-0.4, -0.2) is 61.6 Å². The van der Waals surface area contributed by atoms with Crippen LogP contribution in [0.4, 0.5) is 5.69 Å². The number of carbonyl (C=O) groups excluding carboxylic acids is 1. The van der Waals surface area contributed by atoms with E-state index in [4.69, 9.17) is 4.74 Å². The van der Waals surface area contributed by atoms with Crippen LogP contribution in [0.1, 0.15) is 23.6 Å². The number of nitrogens with one attached hydrogen (secondary N) is 1. The van der Waals surface area contributed by atoms with Crippen molar-refractivity contribution in [2.24, 2.45) is 0 Å². The third-order valence-electron chi connectivity index (χ3n) is 5.85. The van der Waals surface area contributed by atoms with Gasteiger partial charge in [-0.25, -0.2) is 0 Å². The predicted octanol–water partition coefficient (Wildman–Crippen LogP) is 3.50. The Morgan fingerprint density at radius 3 is 2.38 bits per heavy atom. The molecule has 1 atom stereocenters. The molecule has 156 valence electrons. The number of carbonyl (C=O) groups is 1. The summed E-state index contributed by atoms with van der Waals surface area (Å²) in [7, 11) is 1.69. The van der Waals surface area contributed by atoms with E-state index >= 15 is 0 Å². The number of aryl methyl sites for hydroxylation is 2. The molecule has 1 N–H and O–H groups in total.